The van der Waals surface area contributed by atoms with Crippen molar-refractivity contribution in [3.63, 3.8) is 0 Å². The van der Waals surface area contributed by atoms with Gasteiger partial charge in [0.25, 0.3) is 0 Å². The molecule has 1 amide bonds. The highest BCUT2D eigenvalue weighted by molar-refractivity contribution is 6.30. The van der Waals surface area contributed by atoms with Crippen LogP contribution in [0.4, 0.5) is 0 Å². The second-order valence-electron chi connectivity index (χ2n) is 5.39. The lowest BCUT2D eigenvalue weighted by atomic mass is 9.99. The average Bonchev–Trinajstić information content (AvgIpc) is 2.53. The van der Waals surface area contributed by atoms with Crippen molar-refractivity contribution < 1.29 is 9.90 Å². The Kier molecular flexibility index (Phi) is 5.99. The van der Waals surface area contributed by atoms with E-state index in [-0.39, 0.29) is 24.5 Å². The third-order valence-corrected chi connectivity index (χ3v) is 3.81. The molecule has 0 aliphatic carbocycles. The largest absolute Gasteiger partial charge is 0.394 e. The van der Waals surface area contributed by atoms with Crippen molar-refractivity contribution in [3.8, 4) is 0 Å². The van der Waals surface area contributed by atoms with E-state index in [1.54, 1.807) is 0 Å². The number of nitrogens with one attached hydrogen (secondary N) is 1. The molecule has 0 bridgehead atoms. The third kappa shape index (κ3) is 4.58. The number of carbonyl (C=O) groups excluding carboxylic acids is 1. The SMILES string of the molecule is CC(Cc1cccc(Cl)c1)C(=O)NC(CO)c1ccccc1. The summed E-state index contributed by atoms with van der Waals surface area (Å²) in [5, 5.41) is 13.1. The zero-order chi connectivity index (χ0) is 15.9. The van der Waals surface area contributed by atoms with Crippen LogP contribution in [0.25, 0.3) is 0 Å². The first kappa shape index (κ1) is 16.5. The fourth-order valence-corrected chi connectivity index (χ4v) is 2.56. The Morgan fingerprint density at radius 1 is 1.18 bits per heavy atom. The lowest BCUT2D eigenvalue weighted by Crippen LogP contribution is -2.35. The fourth-order valence-electron chi connectivity index (χ4n) is 2.34. The summed E-state index contributed by atoms with van der Waals surface area (Å²) in [6.45, 7) is 1.75. The number of halogens is 1. The van der Waals surface area contributed by atoms with E-state index in [4.69, 9.17) is 11.6 Å². The van der Waals surface area contributed by atoms with Gasteiger partial charge in [-0.25, -0.2) is 0 Å². The minimum absolute atomic E-state index is 0.0807. The molecule has 0 fully saturated rings. The van der Waals surface area contributed by atoms with Crippen molar-refractivity contribution in [1.82, 2.24) is 5.32 Å². The Hall–Kier alpha value is -1.84. The average molecular weight is 318 g/mol. The molecule has 0 aliphatic heterocycles. The Bertz CT molecular complexity index is 615. The molecule has 0 saturated carbocycles. The standard InChI is InChI=1S/C18H20ClNO2/c1-13(10-14-6-5-9-16(19)11-14)18(22)20-17(12-21)15-7-3-2-4-8-15/h2-9,11,13,17,21H,10,12H2,1H3,(H,20,22). The van der Waals surface area contributed by atoms with Crippen molar-refractivity contribution >= 4 is 17.5 Å². The molecule has 2 atom stereocenters. The Morgan fingerprint density at radius 3 is 2.55 bits per heavy atom. The van der Waals surface area contributed by atoms with Gasteiger partial charge in [0.05, 0.1) is 12.6 Å². The second-order valence-corrected chi connectivity index (χ2v) is 5.83. The van der Waals surface area contributed by atoms with Crippen molar-refractivity contribution in [3.05, 3.63) is 70.7 Å². The van der Waals surface area contributed by atoms with E-state index in [9.17, 15) is 9.90 Å². The monoisotopic (exact) mass is 317 g/mol. The fraction of sp³-hybridized carbons (Fsp3) is 0.278. The Labute approximate surface area is 135 Å². The smallest absolute Gasteiger partial charge is 0.223 e. The maximum atomic E-state index is 12.3. The Balaban J connectivity index is 1.98. The van der Waals surface area contributed by atoms with Crippen LogP contribution >= 0.6 is 11.6 Å². The molecule has 4 heteroatoms. The van der Waals surface area contributed by atoms with E-state index in [1.807, 2.05) is 61.5 Å². The van der Waals surface area contributed by atoms with Crippen LogP contribution < -0.4 is 5.32 Å². The van der Waals surface area contributed by atoms with Crippen LogP contribution in [0.2, 0.25) is 5.02 Å². The van der Waals surface area contributed by atoms with E-state index in [1.165, 1.54) is 0 Å². The minimum Gasteiger partial charge on any atom is -0.394 e. The number of amides is 1. The van der Waals surface area contributed by atoms with Gasteiger partial charge in [0, 0.05) is 10.9 Å². The first-order chi connectivity index (χ1) is 10.6. The maximum absolute atomic E-state index is 12.3. The summed E-state index contributed by atoms with van der Waals surface area (Å²) in [5.74, 6) is -0.279. The van der Waals surface area contributed by atoms with Gasteiger partial charge in [0.15, 0.2) is 0 Å². The van der Waals surface area contributed by atoms with Crippen molar-refractivity contribution in [2.75, 3.05) is 6.61 Å². The second kappa shape index (κ2) is 7.97. The summed E-state index contributed by atoms with van der Waals surface area (Å²) in [5.41, 5.74) is 1.92. The van der Waals surface area contributed by atoms with Crippen molar-refractivity contribution in [2.24, 2.45) is 5.92 Å². The van der Waals surface area contributed by atoms with Gasteiger partial charge in [-0.2, -0.15) is 0 Å². The van der Waals surface area contributed by atoms with E-state index < -0.39 is 0 Å². The number of hydrogen-bond acceptors (Lipinski definition) is 2. The van der Waals surface area contributed by atoms with Crippen LogP contribution in [0.5, 0.6) is 0 Å². The maximum Gasteiger partial charge on any atom is 0.223 e. The highest BCUT2D eigenvalue weighted by atomic mass is 35.5. The molecule has 0 radical (unpaired) electrons. The molecular formula is C18H20ClNO2. The number of hydrogen-bond donors (Lipinski definition) is 2. The zero-order valence-electron chi connectivity index (χ0n) is 12.5. The third-order valence-electron chi connectivity index (χ3n) is 3.58. The molecule has 2 unspecified atom stereocenters. The molecule has 0 aromatic heterocycles. The molecule has 0 aliphatic rings. The first-order valence-corrected chi connectivity index (χ1v) is 7.68. The molecule has 116 valence electrons. The summed E-state index contributed by atoms with van der Waals surface area (Å²) >= 11 is 5.96. The number of rotatable bonds is 6. The summed E-state index contributed by atoms with van der Waals surface area (Å²) in [7, 11) is 0. The number of benzene rings is 2. The van der Waals surface area contributed by atoms with Gasteiger partial charge in [0.1, 0.15) is 0 Å². The number of carbonyl (C=O) groups is 1. The zero-order valence-corrected chi connectivity index (χ0v) is 13.3. The van der Waals surface area contributed by atoms with Crippen LogP contribution in [0.15, 0.2) is 54.6 Å². The van der Waals surface area contributed by atoms with E-state index in [0.717, 1.165) is 11.1 Å². The van der Waals surface area contributed by atoms with E-state index >= 15 is 0 Å². The number of aliphatic hydroxyl groups is 1. The van der Waals surface area contributed by atoms with Crippen molar-refractivity contribution in [2.45, 2.75) is 19.4 Å². The molecular weight excluding hydrogens is 298 g/mol. The lowest BCUT2D eigenvalue weighted by molar-refractivity contribution is -0.125. The summed E-state index contributed by atoms with van der Waals surface area (Å²) < 4.78 is 0. The highest BCUT2D eigenvalue weighted by Gasteiger charge is 2.18. The van der Waals surface area contributed by atoms with Crippen LogP contribution in [0.1, 0.15) is 24.1 Å². The lowest BCUT2D eigenvalue weighted by Gasteiger charge is -2.20. The Morgan fingerprint density at radius 2 is 1.91 bits per heavy atom. The van der Waals surface area contributed by atoms with Gasteiger partial charge in [-0.3, -0.25) is 4.79 Å². The summed E-state index contributed by atoms with van der Waals surface area (Å²) in [4.78, 5) is 12.3. The minimum atomic E-state index is -0.379. The number of aliphatic hydroxyl groups excluding tert-OH is 1. The normalized spacial score (nSPS) is 13.4. The van der Waals surface area contributed by atoms with Gasteiger partial charge in [-0.05, 0) is 29.7 Å². The molecule has 2 aromatic carbocycles. The summed E-state index contributed by atoms with van der Waals surface area (Å²) in [6, 6.07) is 16.6. The molecule has 3 nitrogen and oxygen atoms in total. The topological polar surface area (TPSA) is 49.3 Å². The molecule has 0 heterocycles. The molecule has 2 aromatic rings. The van der Waals surface area contributed by atoms with Gasteiger partial charge >= 0.3 is 0 Å². The van der Waals surface area contributed by atoms with Gasteiger partial charge in [0.2, 0.25) is 5.91 Å². The predicted octanol–water partition coefficient (Wildman–Crippen LogP) is 3.37. The van der Waals surface area contributed by atoms with Gasteiger partial charge in [-0.15, -0.1) is 0 Å². The predicted molar refractivity (Wildman–Crippen MR) is 88.7 cm³/mol. The van der Waals surface area contributed by atoms with Crippen LogP contribution in [0, 0.1) is 5.92 Å². The van der Waals surface area contributed by atoms with Crippen molar-refractivity contribution in [1.29, 1.82) is 0 Å². The quantitative estimate of drug-likeness (QED) is 0.858. The van der Waals surface area contributed by atoms with Gasteiger partial charge < -0.3 is 10.4 Å². The van der Waals surface area contributed by atoms with E-state index in [0.29, 0.717) is 11.4 Å². The molecule has 0 spiro atoms. The molecule has 22 heavy (non-hydrogen) atoms. The highest BCUT2D eigenvalue weighted by Crippen LogP contribution is 2.16. The first-order valence-electron chi connectivity index (χ1n) is 7.30. The molecule has 0 saturated heterocycles. The van der Waals surface area contributed by atoms with E-state index in [2.05, 4.69) is 5.32 Å². The summed E-state index contributed by atoms with van der Waals surface area (Å²) in [6.07, 6.45) is 0.610. The van der Waals surface area contributed by atoms with Crippen LogP contribution in [0.3, 0.4) is 0 Å². The molecule has 2 rings (SSSR count). The van der Waals surface area contributed by atoms with Crippen LogP contribution in [-0.4, -0.2) is 17.6 Å². The van der Waals surface area contributed by atoms with Gasteiger partial charge in [-0.1, -0.05) is 61.0 Å². The van der Waals surface area contributed by atoms with Crippen LogP contribution in [-0.2, 0) is 11.2 Å². The molecule has 2 N–H and O–H groups in total.